The van der Waals surface area contributed by atoms with E-state index in [4.69, 9.17) is 0 Å². The summed E-state index contributed by atoms with van der Waals surface area (Å²) in [5.74, 6) is 0.112. The molecule has 3 heterocycles. The van der Waals surface area contributed by atoms with Crippen molar-refractivity contribution in [2.45, 2.75) is 26.3 Å². The van der Waals surface area contributed by atoms with E-state index in [1.807, 2.05) is 10.3 Å². The number of nitrogens with zero attached hydrogens (tertiary/aromatic N) is 3. The molecular formula is C20H20FN3O2S. The fourth-order valence-electron chi connectivity index (χ4n) is 3.58. The van der Waals surface area contributed by atoms with Gasteiger partial charge in [0.05, 0.1) is 11.7 Å². The lowest BCUT2D eigenvalue weighted by atomic mass is 10.0. The monoisotopic (exact) mass is 385 g/mol. The molecule has 27 heavy (non-hydrogen) atoms. The van der Waals surface area contributed by atoms with Gasteiger partial charge in [-0.15, -0.1) is 11.3 Å². The normalized spacial score (nSPS) is 17.4. The van der Waals surface area contributed by atoms with Crippen molar-refractivity contribution in [3.05, 3.63) is 52.1 Å². The number of rotatable bonds is 3. The third-order valence-electron chi connectivity index (χ3n) is 5.03. The van der Waals surface area contributed by atoms with E-state index in [-0.39, 0.29) is 23.8 Å². The van der Waals surface area contributed by atoms with Crippen LogP contribution in [0.15, 0.2) is 40.8 Å². The number of hydrogen-bond acceptors (Lipinski definition) is 4. The Balaban J connectivity index is 1.67. The third kappa shape index (κ3) is 3.51. The van der Waals surface area contributed by atoms with Gasteiger partial charge in [-0.05, 0) is 36.5 Å². The van der Waals surface area contributed by atoms with Gasteiger partial charge in [0, 0.05) is 24.0 Å². The van der Waals surface area contributed by atoms with Crippen LogP contribution >= 0.6 is 11.3 Å². The number of benzene rings is 1. The second-order valence-corrected chi connectivity index (χ2v) is 7.96. The lowest BCUT2D eigenvalue weighted by Crippen LogP contribution is -2.42. The van der Waals surface area contributed by atoms with E-state index < -0.39 is 0 Å². The fourth-order valence-corrected chi connectivity index (χ4v) is 4.49. The SMILES string of the molecule is C[C@@H]1CCCN(C(=O)Cn2cnc3scc(-c4ccc(F)cc4)c3c2=O)C1. The molecule has 5 nitrogen and oxygen atoms in total. The second kappa shape index (κ2) is 7.23. The van der Waals surface area contributed by atoms with Gasteiger partial charge in [-0.2, -0.15) is 0 Å². The standard InChI is InChI=1S/C20H20FN3O2S/c1-13-3-2-8-23(9-13)17(25)10-24-12-22-19-18(20(24)26)16(11-27-19)14-4-6-15(21)7-5-14/h4-7,11-13H,2-3,8-10H2,1H3/t13-/m1/s1. The van der Waals surface area contributed by atoms with Crippen LogP contribution in [0.5, 0.6) is 0 Å². The number of hydrogen-bond donors (Lipinski definition) is 0. The Morgan fingerprint density at radius 2 is 2.11 bits per heavy atom. The Kier molecular flexibility index (Phi) is 4.78. The smallest absolute Gasteiger partial charge is 0.263 e. The molecule has 3 aromatic rings. The molecule has 1 aromatic carbocycles. The Bertz CT molecular complexity index is 1040. The maximum Gasteiger partial charge on any atom is 0.263 e. The van der Waals surface area contributed by atoms with Crippen LogP contribution in [0.4, 0.5) is 4.39 Å². The molecule has 1 amide bonds. The summed E-state index contributed by atoms with van der Waals surface area (Å²) in [6.45, 7) is 3.61. The van der Waals surface area contributed by atoms with Gasteiger partial charge in [-0.3, -0.25) is 14.2 Å². The molecule has 0 bridgehead atoms. The maximum atomic E-state index is 13.2. The van der Waals surface area contributed by atoms with E-state index in [9.17, 15) is 14.0 Å². The predicted octanol–water partition coefficient (Wildman–Crippen LogP) is 3.52. The first kappa shape index (κ1) is 17.9. The van der Waals surface area contributed by atoms with Gasteiger partial charge >= 0.3 is 0 Å². The lowest BCUT2D eigenvalue weighted by Gasteiger charge is -2.31. The molecule has 0 spiro atoms. The Morgan fingerprint density at radius 3 is 2.85 bits per heavy atom. The fraction of sp³-hybridized carbons (Fsp3) is 0.350. The first-order valence-corrected chi connectivity index (χ1v) is 9.91. The van der Waals surface area contributed by atoms with Crippen molar-refractivity contribution in [1.82, 2.24) is 14.5 Å². The molecule has 0 radical (unpaired) electrons. The molecule has 7 heteroatoms. The van der Waals surface area contributed by atoms with Crippen molar-refractivity contribution >= 4 is 27.5 Å². The van der Waals surface area contributed by atoms with Gasteiger partial charge in [0.1, 0.15) is 17.2 Å². The average molecular weight is 385 g/mol. The number of aromatic nitrogens is 2. The highest BCUT2D eigenvalue weighted by molar-refractivity contribution is 7.17. The minimum absolute atomic E-state index is 0.00675. The molecule has 1 aliphatic heterocycles. The van der Waals surface area contributed by atoms with E-state index in [1.54, 1.807) is 12.1 Å². The van der Waals surface area contributed by atoms with E-state index in [0.717, 1.165) is 37.1 Å². The van der Waals surface area contributed by atoms with Gasteiger partial charge in [0.2, 0.25) is 5.91 Å². The van der Waals surface area contributed by atoms with Crippen LogP contribution in [0, 0.1) is 11.7 Å². The van der Waals surface area contributed by atoms with Gasteiger partial charge in [0.25, 0.3) is 5.56 Å². The number of thiophene rings is 1. The van der Waals surface area contributed by atoms with E-state index >= 15 is 0 Å². The largest absolute Gasteiger partial charge is 0.341 e. The summed E-state index contributed by atoms with van der Waals surface area (Å²) in [5, 5.41) is 2.33. The number of carbonyl (C=O) groups excluding carboxylic acids is 1. The molecule has 1 atom stereocenters. The van der Waals surface area contributed by atoms with Crippen LogP contribution in [0.2, 0.25) is 0 Å². The summed E-state index contributed by atoms with van der Waals surface area (Å²) in [6.07, 6.45) is 3.58. The van der Waals surface area contributed by atoms with E-state index in [1.165, 1.54) is 34.4 Å². The highest BCUT2D eigenvalue weighted by Gasteiger charge is 2.22. The van der Waals surface area contributed by atoms with Crippen molar-refractivity contribution in [3.63, 3.8) is 0 Å². The summed E-state index contributed by atoms with van der Waals surface area (Å²) in [7, 11) is 0. The summed E-state index contributed by atoms with van der Waals surface area (Å²) in [4.78, 5) is 32.5. The van der Waals surface area contributed by atoms with Crippen LogP contribution in [0.25, 0.3) is 21.3 Å². The summed E-state index contributed by atoms with van der Waals surface area (Å²) >= 11 is 1.37. The number of piperidine rings is 1. The number of halogens is 1. The van der Waals surface area contributed by atoms with Crippen LogP contribution in [0.3, 0.4) is 0 Å². The number of fused-ring (bicyclic) bond motifs is 1. The zero-order chi connectivity index (χ0) is 19.0. The first-order valence-electron chi connectivity index (χ1n) is 9.03. The van der Waals surface area contributed by atoms with Crippen LogP contribution < -0.4 is 5.56 Å². The van der Waals surface area contributed by atoms with Crippen molar-refractivity contribution in [3.8, 4) is 11.1 Å². The molecule has 1 saturated heterocycles. The molecule has 0 unspecified atom stereocenters. The van der Waals surface area contributed by atoms with E-state index in [2.05, 4.69) is 11.9 Å². The molecule has 2 aromatic heterocycles. The zero-order valence-electron chi connectivity index (χ0n) is 15.0. The number of carbonyl (C=O) groups is 1. The van der Waals surface area contributed by atoms with Crippen molar-refractivity contribution in [2.75, 3.05) is 13.1 Å². The lowest BCUT2D eigenvalue weighted by molar-refractivity contribution is -0.133. The molecule has 4 rings (SSSR count). The Hall–Kier alpha value is -2.54. The quantitative estimate of drug-likeness (QED) is 0.693. The summed E-state index contributed by atoms with van der Waals surface area (Å²) < 4.78 is 14.6. The van der Waals surface area contributed by atoms with Gasteiger partial charge in [-0.1, -0.05) is 19.1 Å². The number of likely N-dealkylation sites (tertiary alicyclic amines) is 1. The zero-order valence-corrected chi connectivity index (χ0v) is 15.8. The van der Waals surface area contributed by atoms with Crippen molar-refractivity contribution in [1.29, 1.82) is 0 Å². The summed E-state index contributed by atoms with van der Waals surface area (Å²) in [6, 6.07) is 6.03. The highest BCUT2D eigenvalue weighted by Crippen LogP contribution is 2.30. The highest BCUT2D eigenvalue weighted by atomic mass is 32.1. The van der Waals surface area contributed by atoms with Gasteiger partial charge in [0.15, 0.2) is 0 Å². The second-order valence-electron chi connectivity index (χ2n) is 7.10. The Labute approximate surface area is 160 Å². The van der Waals surface area contributed by atoms with Crippen LogP contribution in [-0.2, 0) is 11.3 Å². The topological polar surface area (TPSA) is 55.2 Å². The molecule has 1 fully saturated rings. The minimum atomic E-state index is -0.324. The van der Waals surface area contributed by atoms with Gasteiger partial charge in [-0.25, -0.2) is 9.37 Å². The van der Waals surface area contributed by atoms with Gasteiger partial charge < -0.3 is 4.90 Å². The van der Waals surface area contributed by atoms with Crippen LogP contribution in [-0.4, -0.2) is 33.4 Å². The van der Waals surface area contributed by atoms with Crippen molar-refractivity contribution in [2.24, 2.45) is 5.92 Å². The molecule has 140 valence electrons. The number of amides is 1. The first-order chi connectivity index (χ1) is 13.0. The minimum Gasteiger partial charge on any atom is -0.341 e. The third-order valence-corrected chi connectivity index (χ3v) is 5.92. The maximum absolute atomic E-state index is 13.2. The Morgan fingerprint density at radius 1 is 1.33 bits per heavy atom. The van der Waals surface area contributed by atoms with Crippen molar-refractivity contribution < 1.29 is 9.18 Å². The summed E-state index contributed by atoms with van der Waals surface area (Å²) in [5.41, 5.74) is 1.25. The van der Waals surface area contributed by atoms with E-state index in [0.29, 0.717) is 16.1 Å². The molecule has 0 N–H and O–H groups in total. The molecule has 0 aliphatic carbocycles. The molecule has 1 aliphatic rings. The average Bonchev–Trinajstić information content (AvgIpc) is 3.09. The predicted molar refractivity (Wildman–Crippen MR) is 104 cm³/mol. The molecule has 0 saturated carbocycles. The van der Waals surface area contributed by atoms with Crippen LogP contribution in [0.1, 0.15) is 19.8 Å². The molecular weight excluding hydrogens is 365 g/mol.